The molecule has 1 aliphatic heterocycles. The molecule has 1 unspecified atom stereocenters. The molecule has 23 heavy (non-hydrogen) atoms. The lowest BCUT2D eigenvalue weighted by Crippen LogP contribution is -2.45. The maximum Gasteiger partial charge on any atom is 0.238 e. The van der Waals surface area contributed by atoms with Crippen molar-refractivity contribution in [3.63, 3.8) is 0 Å². The molecule has 0 aliphatic carbocycles. The summed E-state index contributed by atoms with van der Waals surface area (Å²) in [6, 6.07) is 11.9. The molecule has 1 saturated heterocycles. The monoisotopic (exact) mass is 311 g/mol. The van der Waals surface area contributed by atoms with E-state index in [-0.39, 0.29) is 11.8 Å². The minimum absolute atomic E-state index is 0.0933. The number of rotatable bonds is 3. The van der Waals surface area contributed by atoms with E-state index < -0.39 is 0 Å². The third-order valence-electron chi connectivity index (χ3n) is 4.13. The van der Waals surface area contributed by atoms with Gasteiger partial charge >= 0.3 is 0 Å². The van der Waals surface area contributed by atoms with Gasteiger partial charge in [-0.05, 0) is 19.8 Å². The smallest absolute Gasteiger partial charge is 0.238 e. The van der Waals surface area contributed by atoms with Gasteiger partial charge in [-0.25, -0.2) is 15.8 Å². The number of amides is 1. The van der Waals surface area contributed by atoms with Gasteiger partial charge in [-0.1, -0.05) is 30.3 Å². The summed E-state index contributed by atoms with van der Waals surface area (Å²) in [4.78, 5) is 23.2. The van der Waals surface area contributed by atoms with Crippen LogP contribution >= 0.6 is 0 Å². The van der Waals surface area contributed by atoms with Crippen molar-refractivity contribution in [2.75, 3.05) is 18.0 Å². The van der Waals surface area contributed by atoms with Gasteiger partial charge in [0.05, 0.1) is 5.92 Å². The van der Waals surface area contributed by atoms with Gasteiger partial charge in [-0.3, -0.25) is 10.2 Å². The molecule has 1 amide bonds. The highest BCUT2D eigenvalue weighted by molar-refractivity contribution is 5.78. The van der Waals surface area contributed by atoms with E-state index in [1.807, 2.05) is 43.3 Å². The van der Waals surface area contributed by atoms with Gasteiger partial charge in [0.1, 0.15) is 5.82 Å². The predicted octanol–water partition coefficient (Wildman–Crippen LogP) is 1.66. The number of nitrogens with zero attached hydrogens (tertiary/aromatic N) is 3. The number of nitrogens with one attached hydrogen (secondary N) is 1. The van der Waals surface area contributed by atoms with Crippen LogP contribution in [0.15, 0.2) is 36.4 Å². The van der Waals surface area contributed by atoms with Crippen molar-refractivity contribution >= 4 is 11.7 Å². The molecule has 0 bridgehead atoms. The van der Waals surface area contributed by atoms with Crippen LogP contribution in [0.25, 0.3) is 11.4 Å². The Morgan fingerprint density at radius 1 is 1.30 bits per heavy atom. The highest BCUT2D eigenvalue weighted by Crippen LogP contribution is 2.24. The molecular weight excluding hydrogens is 290 g/mol. The summed E-state index contributed by atoms with van der Waals surface area (Å²) in [5.41, 5.74) is 4.16. The van der Waals surface area contributed by atoms with Crippen LogP contribution in [0.2, 0.25) is 0 Å². The summed E-state index contributed by atoms with van der Waals surface area (Å²) in [7, 11) is 0. The van der Waals surface area contributed by atoms with Crippen molar-refractivity contribution in [2.45, 2.75) is 19.8 Å². The second-order valence-electron chi connectivity index (χ2n) is 5.85. The molecule has 6 nitrogen and oxygen atoms in total. The molecule has 3 rings (SSSR count). The van der Waals surface area contributed by atoms with Crippen LogP contribution in [-0.2, 0) is 4.79 Å². The molecular formula is C17H21N5O. The van der Waals surface area contributed by atoms with Gasteiger partial charge in [0.2, 0.25) is 5.91 Å². The molecule has 1 aromatic heterocycles. The lowest BCUT2D eigenvalue weighted by molar-refractivity contribution is -0.125. The fourth-order valence-corrected chi connectivity index (χ4v) is 2.95. The summed E-state index contributed by atoms with van der Waals surface area (Å²) in [5, 5.41) is 0. The van der Waals surface area contributed by atoms with Crippen molar-refractivity contribution in [1.82, 2.24) is 15.4 Å². The van der Waals surface area contributed by atoms with E-state index in [2.05, 4.69) is 15.3 Å². The van der Waals surface area contributed by atoms with Crippen LogP contribution in [0.4, 0.5) is 5.82 Å². The van der Waals surface area contributed by atoms with E-state index in [9.17, 15) is 4.79 Å². The van der Waals surface area contributed by atoms with E-state index >= 15 is 0 Å². The van der Waals surface area contributed by atoms with Gasteiger partial charge in [0, 0.05) is 30.4 Å². The zero-order valence-electron chi connectivity index (χ0n) is 13.2. The van der Waals surface area contributed by atoms with Gasteiger partial charge in [-0.15, -0.1) is 0 Å². The summed E-state index contributed by atoms with van der Waals surface area (Å²) in [5.74, 6) is 6.65. The van der Waals surface area contributed by atoms with E-state index in [1.54, 1.807) is 0 Å². The zero-order valence-corrected chi connectivity index (χ0v) is 13.2. The predicted molar refractivity (Wildman–Crippen MR) is 89.5 cm³/mol. The van der Waals surface area contributed by atoms with Crippen molar-refractivity contribution in [1.29, 1.82) is 0 Å². The summed E-state index contributed by atoms with van der Waals surface area (Å²) < 4.78 is 0. The maximum atomic E-state index is 11.8. The lowest BCUT2D eigenvalue weighted by atomic mass is 9.97. The fraction of sp³-hybridized carbons (Fsp3) is 0.353. The molecule has 0 radical (unpaired) electrons. The van der Waals surface area contributed by atoms with Crippen LogP contribution in [0.3, 0.4) is 0 Å². The molecule has 1 fully saturated rings. The molecule has 120 valence electrons. The molecule has 2 aromatic rings. The number of aromatic nitrogens is 2. The van der Waals surface area contributed by atoms with E-state index in [0.29, 0.717) is 12.4 Å². The Hall–Kier alpha value is -2.47. The van der Waals surface area contributed by atoms with Crippen LogP contribution in [0, 0.1) is 12.8 Å². The van der Waals surface area contributed by atoms with Crippen LogP contribution in [-0.4, -0.2) is 29.0 Å². The quantitative estimate of drug-likeness (QED) is 0.511. The Kier molecular flexibility index (Phi) is 4.52. The molecule has 1 aromatic carbocycles. The number of nitrogens with two attached hydrogens (primary N) is 1. The Balaban J connectivity index is 1.88. The van der Waals surface area contributed by atoms with E-state index in [4.69, 9.17) is 10.8 Å². The molecule has 1 atom stereocenters. The number of benzene rings is 1. The molecule has 3 N–H and O–H groups in total. The van der Waals surface area contributed by atoms with Gasteiger partial charge in [0.15, 0.2) is 5.82 Å². The fourth-order valence-electron chi connectivity index (χ4n) is 2.95. The van der Waals surface area contributed by atoms with Crippen molar-refractivity contribution in [2.24, 2.45) is 11.8 Å². The molecule has 6 heteroatoms. The largest absolute Gasteiger partial charge is 0.356 e. The number of carbonyl (C=O) groups is 1. The first-order chi connectivity index (χ1) is 11.2. The van der Waals surface area contributed by atoms with Crippen LogP contribution < -0.4 is 16.2 Å². The molecule has 0 spiro atoms. The summed E-state index contributed by atoms with van der Waals surface area (Å²) in [6.07, 6.45) is 1.80. The Labute approximate surface area is 135 Å². The van der Waals surface area contributed by atoms with Crippen molar-refractivity contribution in [3.05, 3.63) is 42.1 Å². The summed E-state index contributed by atoms with van der Waals surface area (Å²) in [6.45, 7) is 3.48. The van der Waals surface area contributed by atoms with E-state index in [1.165, 1.54) is 0 Å². The Bertz CT molecular complexity index is 689. The van der Waals surface area contributed by atoms with Gasteiger partial charge in [0.25, 0.3) is 0 Å². The topological polar surface area (TPSA) is 84.1 Å². The average molecular weight is 311 g/mol. The summed E-state index contributed by atoms with van der Waals surface area (Å²) >= 11 is 0. The SMILES string of the molecule is Cc1cc(N2CCCC(C(=O)NN)C2)nc(-c2ccccc2)n1. The molecule has 1 aliphatic rings. The maximum absolute atomic E-state index is 11.8. The Morgan fingerprint density at radius 2 is 2.09 bits per heavy atom. The minimum atomic E-state index is -0.108. The van der Waals surface area contributed by atoms with Crippen molar-refractivity contribution in [3.8, 4) is 11.4 Å². The Morgan fingerprint density at radius 3 is 2.83 bits per heavy atom. The first-order valence-electron chi connectivity index (χ1n) is 7.84. The number of piperidine rings is 1. The highest BCUT2D eigenvalue weighted by atomic mass is 16.2. The number of aryl methyl sites for hydroxylation is 1. The van der Waals surface area contributed by atoms with E-state index in [0.717, 1.165) is 36.5 Å². The number of hydrogen-bond acceptors (Lipinski definition) is 5. The molecule has 0 saturated carbocycles. The van der Waals surface area contributed by atoms with Crippen molar-refractivity contribution < 1.29 is 4.79 Å². The first kappa shape index (κ1) is 15.4. The third kappa shape index (κ3) is 3.48. The minimum Gasteiger partial charge on any atom is -0.356 e. The molecule has 2 heterocycles. The normalized spacial score (nSPS) is 17.8. The number of anilines is 1. The second-order valence-corrected chi connectivity index (χ2v) is 5.85. The first-order valence-corrected chi connectivity index (χ1v) is 7.84. The second kappa shape index (κ2) is 6.75. The van der Waals surface area contributed by atoms with Crippen LogP contribution in [0.1, 0.15) is 18.5 Å². The average Bonchev–Trinajstić information content (AvgIpc) is 2.61. The number of hydrogen-bond donors (Lipinski definition) is 2. The standard InChI is InChI=1S/C17H21N5O/c1-12-10-15(20-16(19-12)13-6-3-2-4-7-13)22-9-5-8-14(11-22)17(23)21-18/h2-4,6-7,10,14H,5,8-9,11,18H2,1H3,(H,21,23). The number of hydrazine groups is 1. The van der Waals surface area contributed by atoms with Gasteiger partial charge < -0.3 is 4.90 Å². The zero-order chi connectivity index (χ0) is 16.2. The van der Waals surface area contributed by atoms with Gasteiger partial charge in [-0.2, -0.15) is 0 Å². The highest BCUT2D eigenvalue weighted by Gasteiger charge is 2.26. The third-order valence-corrected chi connectivity index (χ3v) is 4.13. The van der Waals surface area contributed by atoms with Crippen LogP contribution in [0.5, 0.6) is 0 Å². The lowest BCUT2D eigenvalue weighted by Gasteiger charge is -2.32. The number of carbonyl (C=O) groups excluding carboxylic acids is 1.